The normalized spacial score (nSPS) is 11.3. The van der Waals surface area contributed by atoms with Crippen molar-refractivity contribution in [1.29, 1.82) is 0 Å². The second-order valence-electron chi connectivity index (χ2n) is 10.5. The first-order valence-corrected chi connectivity index (χ1v) is 17.8. The second kappa shape index (κ2) is 41.7. The van der Waals surface area contributed by atoms with Crippen LogP contribution in [0.3, 0.4) is 0 Å². The summed E-state index contributed by atoms with van der Waals surface area (Å²) in [5, 5.41) is 0. The number of hydrogen-bond donors (Lipinski definition) is 0. The Balaban J connectivity index is 3.10. The van der Waals surface area contributed by atoms with Crippen molar-refractivity contribution in [3.63, 3.8) is 0 Å². The average Bonchev–Trinajstić information content (AvgIpc) is 3.08. The molecule has 0 fully saturated rings. The molecule has 0 aliphatic rings. The highest BCUT2D eigenvalue weighted by atomic mass is 16.6. The minimum atomic E-state index is -0.162. The Morgan fingerprint density at radius 2 is 0.479 bits per heavy atom. The van der Waals surface area contributed by atoms with E-state index in [4.69, 9.17) is 56.8 Å². The van der Waals surface area contributed by atoms with Gasteiger partial charge in [-0.25, -0.2) is 0 Å². The van der Waals surface area contributed by atoms with Crippen LogP contribution in [0, 0.1) is 0 Å². The van der Waals surface area contributed by atoms with Gasteiger partial charge in [0, 0.05) is 12.8 Å². The summed E-state index contributed by atoms with van der Waals surface area (Å²) in [7, 11) is 0. The van der Waals surface area contributed by atoms with Crippen LogP contribution in [0.4, 0.5) is 0 Å². The third-order valence-corrected chi connectivity index (χ3v) is 6.30. The average molecular weight is 699 g/mol. The summed E-state index contributed by atoms with van der Waals surface area (Å²) in [6, 6.07) is 0. The zero-order valence-electron chi connectivity index (χ0n) is 29.9. The molecule has 0 rings (SSSR count). The predicted octanol–water partition coefficient (Wildman–Crippen LogP) is 3.40. The Bertz CT molecular complexity index is 601. The Morgan fingerprint density at radius 1 is 0.292 bits per heavy atom. The van der Waals surface area contributed by atoms with Gasteiger partial charge in [0.25, 0.3) is 0 Å². The molecule has 0 spiro atoms. The standard InChI is InChI=1S/C34H66O14/c1-3-5-7-9-33(35)47-31-29-45-27-25-43-23-21-41-19-17-39-15-13-37-11-12-38-14-16-40-18-20-42-22-24-44-26-28-46-30-32-48-34(36)10-8-6-4-2/h3-32H2,1-2H3. The van der Waals surface area contributed by atoms with Crippen molar-refractivity contribution in [2.75, 3.05) is 145 Å². The van der Waals surface area contributed by atoms with Gasteiger partial charge in [0.05, 0.1) is 132 Å². The number of hydrogen-bond acceptors (Lipinski definition) is 14. The van der Waals surface area contributed by atoms with Crippen LogP contribution >= 0.6 is 0 Å². The first-order valence-electron chi connectivity index (χ1n) is 17.8. The molecular formula is C34H66O14. The lowest BCUT2D eigenvalue weighted by Gasteiger charge is -2.09. The van der Waals surface area contributed by atoms with E-state index in [-0.39, 0.29) is 25.2 Å². The Hall–Kier alpha value is -1.46. The first kappa shape index (κ1) is 46.5. The van der Waals surface area contributed by atoms with Crippen molar-refractivity contribution in [2.45, 2.75) is 65.2 Å². The molecule has 0 atom stereocenters. The van der Waals surface area contributed by atoms with Crippen LogP contribution in [-0.4, -0.2) is 157 Å². The molecule has 0 N–H and O–H groups in total. The van der Waals surface area contributed by atoms with E-state index in [0.717, 1.165) is 38.5 Å². The molecule has 0 amide bonds. The zero-order valence-corrected chi connectivity index (χ0v) is 29.9. The smallest absolute Gasteiger partial charge is 0.305 e. The maximum Gasteiger partial charge on any atom is 0.305 e. The van der Waals surface area contributed by atoms with E-state index in [9.17, 15) is 9.59 Å². The molecule has 0 aromatic heterocycles. The zero-order chi connectivity index (χ0) is 34.9. The quantitative estimate of drug-likeness (QED) is 0.0679. The number of esters is 2. The van der Waals surface area contributed by atoms with Crippen molar-refractivity contribution in [3.05, 3.63) is 0 Å². The highest BCUT2D eigenvalue weighted by molar-refractivity contribution is 5.69. The van der Waals surface area contributed by atoms with Crippen LogP contribution in [0.2, 0.25) is 0 Å². The molecule has 0 aromatic rings. The summed E-state index contributed by atoms with van der Waals surface area (Å²) in [6.45, 7) is 14.2. The topological polar surface area (TPSA) is 145 Å². The molecule has 48 heavy (non-hydrogen) atoms. The summed E-state index contributed by atoms with van der Waals surface area (Å²) in [5.41, 5.74) is 0. The minimum Gasteiger partial charge on any atom is -0.463 e. The van der Waals surface area contributed by atoms with E-state index in [1.807, 2.05) is 0 Å². The number of carbonyl (C=O) groups is 2. The number of ether oxygens (including phenoxy) is 12. The van der Waals surface area contributed by atoms with E-state index in [1.165, 1.54) is 0 Å². The molecule has 14 heteroatoms. The second-order valence-corrected chi connectivity index (χ2v) is 10.5. The molecule has 14 nitrogen and oxygen atoms in total. The molecule has 0 aromatic carbocycles. The highest BCUT2D eigenvalue weighted by Crippen LogP contribution is 2.01. The van der Waals surface area contributed by atoms with Gasteiger partial charge >= 0.3 is 11.9 Å². The van der Waals surface area contributed by atoms with Crippen molar-refractivity contribution >= 4 is 11.9 Å². The molecule has 0 saturated heterocycles. The molecular weight excluding hydrogens is 632 g/mol. The Morgan fingerprint density at radius 3 is 0.667 bits per heavy atom. The number of carbonyl (C=O) groups excluding carboxylic acids is 2. The third-order valence-electron chi connectivity index (χ3n) is 6.30. The van der Waals surface area contributed by atoms with Crippen LogP contribution in [0.15, 0.2) is 0 Å². The van der Waals surface area contributed by atoms with Gasteiger partial charge in [0.1, 0.15) is 13.2 Å². The van der Waals surface area contributed by atoms with E-state index in [0.29, 0.717) is 145 Å². The lowest BCUT2D eigenvalue weighted by atomic mass is 10.2. The lowest BCUT2D eigenvalue weighted by molar-refractivity contribution is -0.146. The number of unbranched alkanes of at least 4 members (excludes halogenated alkanes) is 4. The maximum atomic E-state index is 11.5. The molecule has 0 radical (unpaired) electrons. The van der Waals surface area contributed by atoms with Crippen LogP contribution in [-0.2, 0) is 66.4 Å². The van der Waals surface area contributed by atoms with Gasteiger partial charge in [-0.15, -0.1) is 0 Å². The van der Waals surface area contributed by atoms with Crippen molar-refractivity contribution in [1.82, 2.24) is 0 Å². The van der Waals surface area contributed by atoms with Gasteiger partial charge in [-0.2, -0.15) is 0 Å². The highest BCUT2D eigenvalue weighted by Gasteiger charge is 2.03. The molecule has 0 aliphatic carbocycles. The van der Waals surface area contributed by atoms with Crippen LogP contribution in [0.25, 0.3) is 0 Å². The predicted molar refractivity (Wildman–Crippen MR) is 178 cm³/mol. The fourth-order valence-corrected chi connectivity index (χ4v) is 3.69. The minimum absolute atomic E-state index is 0.162. The Labute approximate surface area is 288 Å². The van der Waals surface area contributed by atoms with E-state index >= 15 is 0 Å². The van der Waals surface area contributed by atoms with Gasteiger partial charge in [-0.3, -0.25) is 9.59 Å². The maximum absolute atomic E-state index is 11.5. The molecule has 286 valence electrons. The Kier molecular flexibility index (Phi) is 40.4. The molecule has 0 bridgehead atoms. The van der Waals surface area contributed by atoms with E-state index in [1.54, 1.807) is 0 Å². The first-order chi connectivity index (χ1) is 23.7. The summed E-state index contributed by atoms with van der Waals surface area (Å²) in [5.74, 6) is -0.324. The third kappa shape index (κ3) is 40.7. The van der Waals surface area contributed by atoms with Gasteiger partial charge in [-0.1, -0.05) is 39.5 Å². The molecule has 0 saturated carbocycles. The van der Waals surface area contributed by atoms with E-state index in [2.05, 4.69) is 13.8 Å². The summed E-state index contributed by atoms with van der Waals surface area (Å²) in [4.78, 5) is 22.9. The monoisotopic (exact) mass is 698 g/mol. The van der Waals surface area contributed by atoms with Crippen LogP contribution in [0.1, 0.15) is 65.2 Å². The van der Waals surface area contributed by atoms with Gasteiger partial charge in [0.2, 0.25) is 0 Å². The fourth-order valence-electron chi connectivity index (χ4n) is 3.69. The van der Waals surface area contributed by atoms with Crippen molar-refractivity contribution < 1.29 is 66.4 Å². The summed E-state index contributed by atoms with van der Waals surface area (Å²) < 4.78 is 64.6. The molecule has 0 aliphatic heterocycles. The SMILES string of the molecule is CCCCCC(=O)OCCOCCOCCOCCOCCOCCOCCOCCOCCOCCOCCOC(=O)CCCCC. The van der Waals surface area contributed by atoms with Crippen molar-refractivity contribution in [3.8, 4) is 0 Å². The largest absolute Gasteiger partial charge is 0.463 e. The van der Waals surface area contributed by atoms with Crippen molar-refractivity contribution in [2.24, 2.45) is 0 Å². The summed E-state index contributed by atoms with van der Waals surface area (Å²) >= 11 is 0. The molecule has 0 heterocycles. The number of rotatable bonds is 41. The van der Waals surface area contributed by atoms with E-state index < -0.39 is 0 Å². The van der Waals surface area contributed by atoms with Gasteiger partial charge in [-0.05, 0) is 12.8 Å². The summed E-state index contributed by atoms with van der Waals surface area (Å²) in [6.07, 6.45) is 6.97. The molecule has 0 unspecified atom stereocenters. The van der Waals surface area contributed by atoms with Gasteiger partial charge < -0.3 is 56.8 Å². The van der Waals surface area contributed by atoms with Crippen LogP contribution in [0.5, 0.6) is 0 Å². The lowest BCUT2D eigenvalue weighted by Crippen LogP contribution is -2.16. The van der Waals surface area contributed by atoms with Crippen LogP contribution < -0.4 is 0 Å². The fraction of sp³-hybridized carbons (Fsp3) is 0.941. The van der Waals surface area contributed by atoms with Gasteiger partial charge in [0.15, 0.2) is 0 Å².